The van der Waals surface area contributed by atoms with Crippen LogP contribution in [0.5, 0.6) is 0 Å². The lowest BCUT2D eigenvalue weighted by molar-refractivity contribution is -0.138. The van der Waals surface area contributed by atoms with E-state index in [9.17, 15) is 9.59 Å². The molecule has 1 atom stereocenters. The van der Waals surface area contributed by atoms with E-state index in [-0.39, 0.29) is 17.9 Å². The molecule has 1 saturated heterocycles. The van der Waals surface area contributed by atoms with Crippen molar-refractivity contribution in [3.05, 3.63) is 29.3 Å². The quantitative estimate of drug-likeness (QED) is 0.768. The number of rotatable bonds is 6. The number of hydrogen-bond donors (Lipinski definition) is 1. The van der Waals surface area contributed by atoms with E-state index in [1.165, 1.54) is 19.3 Å². The largest absolute Gasteiger partial charge is 0.341 e. The second kappa shape index (κ2) is 10.4. The van der Waals surface area contributed by atoms with Crippen LogP contribution in [0.15, 0.2) is 24.3 Å². The molecule has 1 aliphatic carbocycles. The lowest BCUT2D eigenvalue weighted by Gasteiger charge is -2.40. The first-order chi connectivity index (χ1) is 14.0. The third kappa shape index (κ3) is 5.93. The molecule has 1 aromatic rings. The van der Waals surface area contributed by atoms with Gasteiger partial charge in [-0.1, -0.05) is 43.0 Å². The van der Waals surface area contributed by atoms with Crippen molar-refractivity contribution in [1.82, 2.24) is 14.7 Å². The number of likely N-dealkylation sites (N-methyl/N-ethyl adjacent to an activating group) is 1. The maximum absolute atomic E-state index is 12.9. The number of piperazine rings is 1. The van der Waals surface area contributed by atoms with Gasteiger partial charge in [0.05, 0.1) is 23.3 Å². The Balaban J connectivity index is 1.44. The van der Waals surface area contributed by atoms with Crippen LogP contribution in [-0.4, -0.2) is 78.4 Å². The summed E-state index contributed by atoms with van der Waals surface area (Å²) in [6.45, 7) is 5.50. The van der Waals surface area contributed by atoms with Gasteiger partial charge in [-0.25, -0.2) is 0 Å². The van der Waals surface area contributed by atoms with Crippen molar-refractivity contribution in [1.29, 1.82) is 0 Å². The van der Waals surface area contributed by atoms with Crippen LogP contribution in [0.4, 0.5) is 5.69 Å². The van der Waals surface area contributed by atoms with Gasteiger partial charge in [-0.05, 0) is 31.9 Å². The van der Waals surface area contributed by atoms with Crippen molar-refractivity contribution >= 4 is 29.1 Å². The fourth-order valence-corrected chi connectivity index (χ4v) is 4.55. The van der Waals surface area contributed by atoms with Gasteiger partial charge >= 0.3 is 0 Å². The number of carbonyl (C=O) groups excluding carboxylic acids is 2. The van der Waals surface area contributed by atoms with Gasteiger partial charge in [-0.2, -0.15) is 0 Å². The van der Waals surface area contributed by atoms with Crippen LogP contribution >= 0.6 is 11.6 Å². The highest BCUT2D eigenvalue weighted by Crippen LogP contribution is 2.23. The maximum atomic E-state index is 12.9. The summed E-state index contributed by atoms with van der Waals surface area (Å²) in [5.41, 5.74) is 0.641. The average molecular weight is 421 g/mol. The van der Waals surface area contributed by atoms with Crippen molar-refractivity contribution in [3.8, 4) is 0 Å². The van der Waals surface area contributed by atoms with Gasteiger partial charge in [-0.15, -0.1) is 0 Å². The summed E-state index contributed by atoms with van der Waals surface area (Å²) in [5.74, 6) is 0.162. The Morgan fingerprint density at radius 3 is 2.45 bits per heavy atom. The summed E-state index contributed by atoms with van der Waals surface area (Å²) in [4.78, 5) is 31.6. The molecule has 2 aliphatic rings. The molecule has 7 heteroatoms. The van der Waals surface area contributed by atoms with Gasteiger partial charge in [0.1, 0.15) is 0 Å². The molecule has 2 amide bonds. The Morgan fingerprint density at radius 1 is 1.14 bits per heavy atom. The highest BCUT2D eigenvalue weighted by Gasteiger charge is 2.31. The molecule has 0 unspecified atom stereocenters. The molecular formula is C22H33ClN4O2. The van der Waals surface area contributed by atoms with Gasteiger partial charge in [-0.3, -0.25) is 19.4 Å². The molecule has 1 aromatic carbocycles. The fourth-order valence-electron chi connectivity index (χ4n) is 4.36. The lowest BCUT2D eigenvalue weighted by atomic mass is 9.94. The van der Waals surface area contributed by atoms with Crippen molar-refractivity contribution in [2.24, 2.45) is 0 Å². The van der Waals surface area contributed by atoms with Crippen molar-refractivity contribution in [2.75, 3.05) is 45.1 Å². The minimum absolute atomic E-state index is 0.0623. The first kappa shape index (κ1) is 22.1. The molecule has 1 aliphatic heterocycles. The van der Waals surface area contributed by atoms with Gasteiger partial charge in [0.25, 0.3) is 0 Å². The average Bonchev–Trinajstić information content (AvgIpc) is 2.75. The van der Waals surface area contributed by atoms with E-state index >= 15 is 0 Å². The number of hydrogen-bond acceptors (Lipinski definition) is 4. The fraction of sp³-hybridized carbons (Fsp3) is 0.636. The van der Waals surface area contributed by atoms with Gasteiger partial charge in [0, 0.05) is 39.3 Å². The van der Waals surface area contributed by atoms with Gasteiger partial charge < -0.3 is 10.2 Å². The molecule has 0 spiro atoms. The first-order valence-corrected chi connectivity index (χ1v) is 11.1. The molecule has 0 radical (unpaired) electrons. The van der Waals surface area contributed by atoms with E-state index in [0.717, 1.165) is 39.0 Å². The number of carbonyl (C=O) groups is 2. The maximum Gasteiger partial charge on any atom is 0.239 e. The zero-order valence-corrected chi connectivity index (χ0v) is 18.3. The van der Waals surface area contributed by atoms with Crippen LogP contribution in [0.2, 0.25) is 5.02 Å². The molecule has 1 N–H and O–H groups in total. The van der Waals surface area contributed by atoms with E-state index in [2.05, 4.69) is 15.1 Å². The number of amides is 2. The summed E-state index contributed by atoms with van der Waals surface area (Å²) in [5, 5.41) is 3.42. The smallest absolute Gasteiger partial charge is 0.239 e. The zero-order valence-electron chi connectivity index (χ0n) is 17.6. The summed E-state index contributed by atoms with van der Waals surface area (Å²) >= 11 is 6.11. The molecule has 2 fully saturated rings. The molecule has 3 rings (SSSR count). The lowest BCUT2D eigenvalue weighted by Crippen LogP contribution is -2.56. The van der Waals surface area contributed by atoms with Crippen molar-refractivity contribution in [2.45, 2.75) is 51.1 Å². The Kier molecular flexibility index (Phi) is 7.92. The highest BCUT2D eigenvalue weighted by atomic mass is 35.5. The first-order valence-electron chi connectivity index (χ1n) is 10.7. The van der Waals surface area contributed by atoms with Gasteiger partial charge in [0.2, 0.25) is 11.8 Å². The molecule has 1 heterocycles. The van der Waals surface area contributed by atoms with Gasteiger partial charge in [0.15, 0.2) is 0 Å². The van der Waals surface area contributed by atoms with E-state index in [0.29, 0.717) is 23.3 Å². The molecule has 29 heavy (non-hydrogen) atoms. The summed E-state index contributed by atoms with van der Waals surface area (Å²) in [6, 6.07) is 7.54. The predicted octanol–water partition coefficient (Wildman–Crippen LogP) is 3.08. The number of nitrogens with zero attached hydrogens (tertiary/aromatic N) is 3. The van der Waals surface area contributed by atoms with E-state index in [1.807, 2.05) is 31.0 Å². The normalized spacial score (nSPS) is 20.2. The summed E-state index contributed by atoms with van der Waals surface area (Å²) < 4.78 is 0. The second-order valence-electron chi connectivity index (χ2n) is 8.26. The Bertz CT molecular complexity index is 700. The monoisotopic (exact) mass is 420 g/mol. The number of halogens is 1. The molecule has 0 aromatic heterocycles. The minimum atomic E-state index is -0.110. The SMILES string of the molecule is C[C@H](C(=O)N(C)C1CCCCC1)N1CCN(CC(=O)Nc2ccccc2Cl)CC1. The van der Waals surface area contributed by atoms with E-state index < -0.39 is 0 Å². The van der Waals surface area contributed by atoms with Crippen LogP contribution in [0.3, 0.4) is 0 Å². The standard InChI is InChI=1S/C22H33ClN4O2/c1-17(22(29)25(2)18-8-4-3-5-9-18)27-14-12-26(13-15-27)16-21(28)24-20-11-7-6-10-19(20)23/h6-7,10-11,17-18H,3-5,8-9,12-16H2,1-2H3,(H,24,28)/t17-/m1/s1. The highest BCUT2D eigenvalue weighted by molar-refractivity contribution is 6.33. The number of para-hydroxylation sites is 1. The molecule has 1 saturated carbocycles. The Labute approximate surface area is 179 Å². The van der Waals surface area contributed by atoms with E-state index in [4.69, 9.17) is 11.6 Å². The predicted molar refractivity (Wildman–Crippen MR) is 117 cm³/mol. The van der Waals surface area contributed by atoms with E-state index in [1.54, 1.807) is 12.1 Å². The Morgan fingerprint density at radius 2 is 1.79 bits per heavy atom. The number of benzene rings is 1. The minimum Gasteiger partial charge on any atom is -0.341 e. The van der Waals surface area contributed by atoms with Crippen LogP contribution in [0, 0.1) is 0 Å². The molecule has 0 bridgehead atoms. The zero-order chi connectivity index (χ0) is 20.8. The van der Waals surface area contributed by atoms with Crippen LogP contribution < -0.4 is 5.32 Å². The second-order valence-corrected chi connectivity index (χ2v) is 8.66. The number of nitrogens with one attached hydrogen (secondary N) is 1. The van der Waals surface area contributed by atoms with Crippen LogP contribution in [0.1, 0.15) is 39.0 Å². The molecule has 160 valence electrons. The third-order valence-corrected chi connectivity index (χ3v) is 6.63. The number of anilines is 1. The summed E-state index contributed by atoms with van der Waals surface area (Å²) in [7, 11) is 1.96. The van der Waals surface area contributed by atoms with Crippen LogP contribution in [0.25, 0.3) is 0 Å². The Hall–Kier alpha value is -1.63. The summed E-state index contributed by atoms with van der Waals surface area (Å²) in [6.07, 6.45) is 6.00. The molecule has 6 nitrogen and oxygen atoms in total. The van der Waals surface area contributed by atoms with Crippen molar-refractivity contribution < 1.29 is 9.59 Å². The topological polar surface area (TPSA) is 55.9 Å². The van der Waals surface area contributed by atoms with Crippen molar-refractivity contribution in [3.63, 3.8) is 0 Å². The molecular weight excluding hydrogens is 388 g/mol. The van der Waals surface area contributed by atoms with Crippen LogP contribution in [-0.2, 0) is 9.59 Å². The third-order valence-electron chi connectivity index (χ3n) is 6.30.